The first-order valence-electron chi connectivity index (χ1n) is 8.17. The van der Waals surface area contributed by atoms with Crippen LogP contribution in [0, 0.1) is 0 Å². The molecule has 9 nitrogen and oxygen atoms in total. The van der Waals surface area contributed by atoms with Crippen LogP contribution in [0.3, 0.4) is 0 Å². The number of hydrogen-bond acceptors (Lipinski definition) is 8. The number of imidazole rings is 1. The molecule has 0 amide bonds. The van der Waals surface area contributed by atoms with Crippen LogP contribution in [0.5, 0.6) is 6.01 Å². The molecule has 0 spiro atoms. The maximum atomic E-state index is 12.1. The normalized spacial score (nSPS) is 19.9. The van der Waals surface area contributed by atoms with E-state index in [9.17, 15) is 9.90 Å². The summed E-state index contributed by atoms with van der Waals surface area (Å²) >= 11 is 3.31. The molecule has 0 aromatic carbocycles. The highest BCUT2D eigenvalue weighted by Gasteiger charge is 2.32. The Balaban J connectivity index is 1.91. The fourth-order valence-corrected chi connectivity index (χ4v) is 3.44. The molecule has 2 aromatic heterocycles. The van der Waals surface area contributed by atoms with E-state index in [1.807, 2.05) is 6.92 Å². The molecule has 3 heterocycles. The lowest BCUT2D eigenvalue weighted by atomic mass is 10.1. The third-order valence-corrected chi connectivity index (χ3v) is 4.85. The summed E-state index contributed by atoms with van der Waals surface area (Å²) < 4.78 is 7.18. The standard InChI is InChI=1S/C15H21BrN6O3/c1-3-9(8-21-5-4-17-6-10(21)14(23)25-2)22-13-12(20-15(22)24)18-7-11(16)19-13/h7,9-10,17H,3-6,8H2,1-2H3,(H,18,20,24). The van der Waals surface area contributed by atoms with Crippen LogP contribution in [0.25, 0.3) is 11.3 Å². The number of fused-ring (bicyclic) bond motifs is 1. The van der Waals surface area contributed by atoms with Gasteiger partial charge >= 0.3 is 5.97 Å². The third-order valence-electron chi connectivity index (χ3n) is 4.46. The lowest BCUT2D eigenvalue weighted by molar-refractivity contribution is -0.147. The van der Waals surface area contributed by atoms with Crippen LogP contribution in [0.4, 0.5) is 0 Å². The molecule has 0 radical (unpaired) electrons. The molecule has 3 rings (SSSR count). The van der Waals surface area contributed by atoms with Crippen molar-refractivity contribution in [1.82, 2.24) is 29.7 Å². The Morgan fingerprint density at radius 1 is 1.56 bits per heavy atom. The molecule has 1 aliphatic heterocycles. The van der Waals surface area contributed by atoms with Gasteiger partial charge in [-0.15, -0.1) is 0 Å². The summed E-state index contributed by atoms with van der Waals surface area (Å²) in [5, 5.41) is 13.5. The molecular formula is C15H21BrN6O3. The summed E-state index contributed by atoms with van der Waals surface area (Å²) in [6, 6.07) is -0.564. The van der Waals surface area contributed by atoms with Crippen LogP contribution >= 0.6 is 15.9 Å². The van der Waals surface area contributed by atoms with Crippen LogP contribution in [0.15, 0.2) is 10.8 Å². The van der Waals surface area contributed by atoms with E-state index in [0.29, 0.717) is 29.0 Å². The van der Waals surface area contributed by atoms with Gasteiger partial charge in [-0.3, -0.25) is 14.3 Å². The first kappa shape index (κ1) is 18.0. The minimum Gasteiger partial charge on any atom is -0.480 e. The van der Waals surface area contributed by atoms with Gasteiger partial charge in [0.1, 0.15) is 10.6 Å². The monoisotopic (exact) mass is 412 g/mol. The largest absolute Gasteiger partial charge is 0.480 e. The third kappa shape index (κ3) is 3.60. The Hall–Kier alpha value is -1.78. The highest BCUT2D eigenvalue weighted by Crippen LogP contribution is 2.27. The zero-order valence-corrected chi connectivity index (χ0v) is 15.7. The molecule has 2 unspecified atom stereocenters. The molecular weight excluding hydrogens is 392 g/mol. The quantitative estimate of drug-likeness (QED) is 0.690. The van der Waals surface area contributed by atoms with Crippen molar-refractivity contribution in [3.63, 3.8) is 0 Å². The highest BCUT2D eigenvalue weighted by atomic mass is 79.9. The highest BCUT2D eigenvalue weighted by molar-refractivity contribution is 9.10. The van der Waals surface area contributed by atoms with E-state index in [2.05, 4.69) is 41.1 Å². The molecule has 2 N–H and O–H groups in total. The zero-order chi connectivity index (χ0) is 18.0. The topological polar surface area (TPSA) is 105 Å². The number of carbonyl (C=O) groups is 1. The number of aromatic hydroxyl groups is 1. The zero-order valence-electron chi connectivity index (χ0n) is 14.1. The van der Waals surface area contributed by atoms with Crippen molar-refractivity contribution in [1.29, 1.82) is 0 Å². The molecule has 10 heteroatoms. The van der Waals surface area contributed by atoms with Crippen LogP contribution in [-0.4, -0.2) is 74.8 Å². The lowest BCUT2D eigenvalue weighted by Gasteiger charge is -2.36. The molecule has 25 heavy (non-hydrogen) atoms. The number of nitrogens with zero attached hydrogens (tertiary/aromatic N) is 5. The van der Waals surface area contributed by atoms with Gasteiger partial charge in [-0.25, -0.2) is 9.97 Å². The number of piperazine rings is 1. The van der Waals surface area contributed by atoms with Gasteiger partial charge in [0.25, 0.3) is 6.01 Å². The average molecular weight is 413 g/mol. The van der Waals surface area contributed by atoms with E-state index in [1.165, 1.54) is 7.11 Å². The van der Waals surface area contributed by atoms with E-state index < -0.39 is 0 Å². The van der Waals surface area contributed by atoms with Crippen LogP contribution in [0.1, 0.15) is 19.4 Å². The second-order valence-corrected chi connectivity index (χ2v) is 6.73. The minimum atomic E-state index is -0.345. The predicted molar refractivity (Wildman–Crippen MR) is 94.3 cm³/mol. The van der Waals surface area contributed by atoms with Crippen molar-refractivity contribution in [2.45, 2.75) is 25.4 Å². The van der Waals surface area contributed by atoms with Gasteiger partial charge in [0.05, 0.1) is 19.3 Å². The number of nitrogens with one attached hydrogen (secondary N) is 1. The number of hydrogen-bond donors (Lipinski definition) is 2. The summed E-state index contributed by atoms with van der Waals surface area (Å²) in [7, 11) is 1.40. The number of esters is 1. The van der Waals surface area contributed by atoms with Gasteiger partial charge in [-0.05, 0) is 22.4 Å². The maximum Gasteiger partial charge on any atom is 0.324 e. The molecule has 2 atom stereocenters. The maximum absolute atomic E-state index is 12.1. The van der Waals surface area contributed by atoms with Crippen LogP contribution < -0.4 is 5.32 Å². The number of halogens is 1. The summed E-state index contributed by atoms with van der Waals surface area (Å²) in [6.07, 6.45) is 2.29. The van der Waals surface area contributed by atoms with Crippen molar-refractivity contribution in [3.05, 3.63) is 10.8 Å². The van der Waals surface area contributed by atoms with Crippen molar-refractivity contribution in [2.75, 3.05) is 33.3 Å². The van der Waals surface area contributed by atoms with Crippen molar-refractivity contribution < 1.29 is 14.6 Å². The second kappa shape index (κ2) is 7.63. The SMILES string of the molecule is CCC(CN1CCNCC1C(=O)OC)n1c(O)nc2ncc(Br)nc21. The molecule has 0 saturated carbocycles. The van der Waals surface area contributed by atoms with Crippen LogP contribution in [0.2, 0.25) is 0 Å². The van der Waals surface area contributed by atoms with Crippen molar-refractivity contribution in [2.24, 2.45) is 0 Å². The molecule has 136 valence electrons. The van der Waals surface area contributed by atoms with E-state index in [0.717, 1.165) is 19.5 Å². The van der Waals surface area contributed by atoms with Gasteiger partial charge < -0.3 is 15.2 Å². The molecule has 0 aliphatic carbocycles. The van der Waals surface area contributed by atoms with E-state index in [4.69, 9.17) is 4.74 Å². The Morgan fingerprint density at radius 3 is 3.08 bits per heavy atom. The number of rotatable bonds is 5. The lowest BCUT2D eigenvalue weighted by Crippen LogP contribution is -2.56. The molecule has 2 aromatic rings. The smallest absolute Gasteiger partial charge is 0.324 e. The van der Waals surface area contributed by atoms with Gasteiger partial charge in [0, 0.05) is 26.2 Å². The fourth-order valence-electron chi connectivity index (χ4n) is 3.17. The van der Waals surface area contributed by atoms with Crippen LogP contribution in [-0.2, 0) is 9.53 Å². The first-order chi connectivity index (χ1) is 12.0. The predicted octanol–water partition coefficient (Wildman–Crippen LogP) is 0.692. The van der Waals surface area contributed by atoms with Crippen molar-refractivity contribution in [3.8, 4) is 6.01 Å². The number of methoxy groups -OCH3 is 1. The summed E-state index contributed by atoms with van der Waals surface area (Å²) in [5.41, 5.74) is 0.910. The van der Waals surface area contributed by atoms with Crippen molar-refractivity contribution >= 4 is 33.2 Å². The average Bonchev–Trinajstić information content (AvgIpc) is 2.94. The summed E-state index contributed by atoms with van der Waals surface area (Å²) in [5.74, 6) is -0.260. The van der Waals surface area contributed by atoms with Gasteiger partial charge in [-0.1, -0.05) is 6.92 Å². The Labute approximate surface area is 153 Å². The number of carbonyl (C=O) groups excluding carboxylic acids is 1. The Morgan fingerprint density at radius 2 is 2.36 bits per heavy atom. The molecule has 1 saturated heterocycles. The van der Waals surface area contributed by atoms with E-state index >= 15 is 0 Å². The van der Waals surface area contributed by atoms with E-state index in [1.54, 1.807) is 10.8 Å². The number of aromatic nitrogens is 4. The summed E-state index contributed by atoms with van der Waals surface area (Å²) in [6.45, 7) is 4.66. The number of ether oxygens (including phenoxy) is 1. The molecule has 1 aliphatic rings. The Kier molecular flexibility index (Phi) is 5.50. The van der Waals surface area contributed by atoms with Gasteiger partial charge in [0.15, 0.2) is 5.65 Å². The Bertz CT molecular complexity index is 767. The molecule has 0 bridgehead atoms. The van der Waals surface area contributed by atoms with Gasteiger partial charge in [-0.2, -0.15) is 4.98 Å². The van der Waals surface area contributed by atoms with E-state index in [-0.39, 0.29) is 24.1 Å². The minimum absolute atomic E-state index is 0.0983. The fraction of sp³-hybridized carbons (Fsp3) is 0.600. The first-order valence-corrected chi connectivity index (χ1v) is 8.96. The summed E-state index contributed by atoms with van der Waals surface area (Å²) in [4.78, 5) is 26.8. The molecule has 1 fully saturated rings. The van der Waals surface area contributed by atoms with Gasteiger partial charge in [0.2, 0.25) is 5.65 Å². The second-order valence-electron chi connectivity index (χ2n) is 5.92.